The topological polar surface area (TPSA) is 86.4 Å². The van der Waals surface area contributed by atoms with Gasteiger partial charge in [0.2, 0.25) is 0 Å². The Morgan fingerprint density at radius 2 is 1.60 bits per heavy atom. The smallest absolute Gasteiger partial charge is 0.254 e. The summed E-state index contributed by atoms with van der Waals surface area (Å²) in [5.41, 5.74) is 5.24. The van der Waals surface area contributed by atoms with E-state index in [1.165, 1.54) is 0 Å². The second-order valence-corrected chi connectivity index (χ2v) is 11.6. The molecule has 2 aliphatic heterocycles. The largest absolute Gasteiger partial charge is 0.370 e. The van der Waals surface area contributed by atoms with E-state index in [4.69, 9.17) is 5.26 Å². The molecule has 3 aromatic carbocycles. The molecule has 2 aliphatic rings. The van der Waals surface area contributed by atoms with Crippen LogP contribution in [0.4, 0.5) is 20.2 Å². The van der Waals surface area contributed by atoms with Gasteiger partial charge in [-0.05, 0) is 74.6 Å². The number of carbonyl (C=O) groups is 1. The Labute approximate surface area is 251 Å². The van der Waals surface area contributed by atoms with E-state index in [1.807, 2.05) is 44.2 Å². The van der Waals surface area contributed by atoms with Crippen molar-refractivity contribution in [2.45, 2.75) is 52.2 Å². The predicted octanol–water partition coefficient (Wildman–Crippen LogP) is 5.43. The number of piperazine rings is 1. The zero-order chi connectivity index (χ0) is 30.7. The molecule has 0 aromatic heterocycles. The summed E-state index contributed by atoms with van der Waals surface area (Å²) in [6.45, 7) is 9.39. The number of hydrogen-bond donors (Lipinski definition) is 1. The molecule has 43 heavy (non-hydrogen) atoms. The summed E-state index contributed by atoms with van der Waals surface area (Å²) in [6.07, 6.45) is 1.92. The van der Waals surface area contributed by atoms with E-state index in [9.17, 15) is 18.8 Å². The van der Waals surface area contributed by atoms with Gasteiger partial charge in [-0.1, -0.05) is 18.2 Å². The Morgan fingerprint density at radius 1 is 0.884 bits per heavy atom. The molecule has 1 N–H and O–H groups in total. The summed E-state index contributed by atoms with van der Waals surface area (Å²) < 4.78 is 28.9. The van der Waals surface area contributed by atoms with Crippen molar-refractivity contribution in [3.05, 3.63) is 93.5 Å². The van der Waals surface area contributed by atoms with Crippen molar-refractivity contribution in [1.29, 1.82) is 10.5 Å². The van der Waals surface area contributed by atoms with Gasteiger partial charge in [0.05, 0.1) is 22.5 Å². The van der Waals surface area contributed by atoms with Gasteiger partial charge in [0.25, 0.3) is 5.91 Å². The minimum atomic E-state index is -0.753. The van der Waals surface area contributed by atoms with Gasteiger partial charge in [-0.2, -0.15) is 10.5 Å². The highest BCUT2D eigenvalue weighted by atomic mass is 19.1. The lowest BCUT2D eigenvalue weighted by molar-refractivity contribution is 0.0673. The molecule has 222 valence electrons. The molecule has 9 heteroatoms. The van der Waals surface area contributed by atoms with Crippen molar-refractivity contribution in [2.24, 2.45) is 0 Å². The highest BCUT2D eigenvalue weighted by molar-refractivity contribution is 5.96. The van der Waals surface area contributed by atoms with Crippen molar-refractivity contribution >= 4 is 17.3 Å². The molecule has 0 saturated carbocycles. The summed E-state index contributed by atoms with van der Waals surface area (Å²) >= 11 is 0. The average molecular weight is 583 g/mol. The molecule has 2 fully saturated rings. The first kappa shape index (κ1) is 30.0. The summed E-state index contributed by atoms with van der Waals surface area (Å²) in [5, 5.41) is 22.1. The lowest BCUT2D eigenvalue weighted by Crippen LogP contribution is -2.54. The fraction of sp³-hybridized carbons (Fsp3) is 0.382. The van der Waals surface area contributed by atoms with Crippen LogP contribution in [0.2, 0.25) is 0 Å². The van der Waals surface area contributed by atoms with Gasteiger partial charge in [0.1, 0.15) is 23.8 Å². The van der Waals surface area contributed by atoms with E-state index in [1.54, 1.807) is 15.9 Å². The number of nitriles is 2. The molecule has 0 aliphatic carbocycles. The lowest BCUT2D eigenvalue weighted by Gasteiger charge is -2.41. The number of halogens is 2. The number of rotatable bonds is 6. The zero-order valence-corrected chi connectivity index (χ0v) is 24.8. The Kier molecular flexibility index (Phi) is 8.94. The van der Waals surface area contributed by atoms with Crippen LogP contribution < -0.4 is 15.1 Å². The van der Waals surface area contributed by atoms with Crippen molar-refractivity contribution in [2.75, 3.05) is 42.5 Å². The van der Waals surface area contributed by atoms with E-state index in [2.05, 4.69) is 29.3 Å². The minimum absolute atomic E-state index is 0.0677. The van der Waals surface area contributed by atoms with E-state index >= 15 is 0 Å². The Hall–Kier alpha value is -4.47. The Balaban J connectivity index is 1.22. The molecule has 2 saturated heterocycles. The number of piperidine rings is 1. The molecule has 1 atom stereocenters. The van der Waals surface area contributed by atoms with Gasteiger partial charge in [-0.25, -0.2) is 8.78 Å². The van der Waals surface area contributed by atoms with Gasteiger partial charge in [0.15, 0.2) is 0 Å². The third kappa shape index (κ3) is 6.33. The van der Waals surface area contributed by atoms with Crippen molar-refractivity contribution < 1.29 is 13.6 Å². The van der Waals surface area contributed by atoms with Crippen molar-refractivity contribution in [3.8, 4) is 12.1 Å². The normalized spacial score (nSPS) is 17.5. The first-order valence-corrected chi connectivity index (χ1v) is 14.7. The van der Waals surface area contributed by atoms with E-state index in [0.717, 1.165) is 60.4 Å². The summed E-state index contributed by atoms with van der Waals surface area (Å²) in [6, 6.07) is 17.8. The predicted molar refractivity (Wildman–Crippen MR) is 163 cm³/mol. The first-order chi connectivity index (χ1) is 20.7. The molecule has 0 spiro atoms. The molecular formula is C34H36F2N6O. The number of aryl methyl sites for hydroxylation is 2. The maximum absolute atomic E-state index is 14.7. The first-order valence-electron chi connectivity index (χ1n) is 14.7. The molecule has 0 radical (unpaired) electrons. The van der Waals surface area contributed by atoms with Crippen molar-refractivity contribution in [3.63, 3.8) is 0 Å². The maximum atomic E-state index is 14.7. The van der Waals surface area contributed by atoms with E-state index in [0.29, 0.717) is 43.3 Å². The molecule has 5 rings (SSSR count). The summed E-state index contributed by atoms with van der Waals surface area (Å²) in [7, 11) is 0. The highest BCUT2D eigenvalue weighted by Crippen LogP contribution is 2.28. The van der Waals surface area contributed by atoms with Gasteiger partial charge in [0, 0.05) is 63.0 Å². The fourth-order valence-electron chi connectivity index (χ4n) is 6.24. The second kappa shape index (κ2) is 12.8. The number of nitrogens with zero attached hydrogens (tertiary/aromatic N) is 5. The average Bonchev–Trinajstić information content (AvgIpc) is 3.01. The van der Waals surface area contributed by atoms with Crippen LogP contribution >= 0.6 is 0 Å². The van der Waals surface area contributed by atoms with Crippen LogP contribution in [0.3, 0.4) is 0 Å². The number of anilines is 2. The number of benzene rings is 3. The standard InChI is InChI=1S/C34H36F2N6O/c1-22-14-23(2)29(15-27(22)20-39-28-8-10-40(11-9-28)32-7-5-4-6-25(32)18-37)34(43)42-13-12-41(21-24(42)3)33-17-30(35)26(19-38)16-31(33)36/h4-7,14-17,24,28,39H,8-13,20-21H2,1-3H3/t24-/m0/s1. The number of amides is 1. The summed E-state index contributed by atoms with van der Waals surface area (Å²) in [4.78, 5) is 19.6. The van der Waals surface area contributed by atoms with Gasteiger partial charge in [-0.3, -0.25) is 4.79 Å². The maximum Gasteiger partial charge on any atom is 0.254 e. The Bertz CT molecular complexity index is 1600. The SMILES string of the molecule is Cc1cc(C)c(C(=O)N2CCN(c3cc(F)c(C#N)cc3F)C[C@@H]2C)cc1CNC1CCN(c2ccccc2C#N)CC1. The lowest BCUT2D eigenvalue weighted by atomic mass is 9.97. The van der Waals surface area contributed by atoms with Crippen LogP contribution in [0.1, 0.15) is 57.9 Å². The molecule has 2 heterocycles. The van der Waals surface area contributed by atoms with Gasteiger partial charge < -0.3 is 20.0 Å². The number of hydrogen-bond acceptors (Lipinski definition) is 6. The third-order valence-electron chi connectivity index (χ3n) is 8.74. The Morgan fingerprint density at radius 3 is 2.30 bits per heavy atom. The van der Waals surface area contributed by atoms with Gasteiger partial charge >= 0.3 is 0 Å². The molecule has 0 unspecified atom stereocenters. The molecule has 1 amide bonds. The highest BCUT2D eigenvalue weighted by Gasteiger charge is 2.31. The summed E-state index contributed by atoms with van der Waals surface area (Å²) in [5.74, 6) is -1.47. The van der Waals surface area contributed by atoms with Gasteiger partial charge in [-0.15, -0.1) is 0 Å². The number of nitrogens with one attached hydrogen (secondary N) is 1. The monoisotopic (exact) mass is 582 g/mol. The third-order valence-corrected chi connectivity index (χ3v) is 8.74. The van der Waals surface area contributed by atoms with Crippen LogP contribution in [0.15, 0.2) is 48.5 Å². The van der Waals surface area contributed by atoms with Crippen LogP contribution in [-0.2, 0) is 6.54 Å². The van der Waals surface area contributed by atoms with Crippen LogP contribution in [0, 0.1) is 48.1 Å². The second-order valence-electron chi connectivity index (χ2n) is 11.6. The minimum Gasteiger partial charge on any atom is -0.370 e. The van der Waals surface area contributed by atoms with Crippen LogP contribution in [0.5, 0.6) is 0 Å². The number of carbonyl (C=O) groups excluding carboxylic acids is 1. The molecule has 3 aromatic rings. The fourth-order valence-corrected chi connectivity index (χ4v) is 6.24. The number of para-hydroxylation sites is 1. The van der Waals surface area contributed by atoms with E-state index < -0.39 is 11.6 Å². The quantitative estimate of drug-likeness (QED) is 0.417. The molecule has 7 nitrogen and oxygen atoms in total. The van der Waals surface area contributed by atoms with Crippen LogP contribution in [0.25, 0.3) is 0 Å². The van der Waals surface area contributed by atoms with E-state index in [-0.39, 0.29) is 23.2 Å². The molecular weight excluding hydrogens is 546 g/mol. The van der Waals surface area contributed by atoms with Crippen molar-refractivity contribution in [1.82, 2.24) is 10.2 Å². The zero-order valence-electron chi connectivity index (χ0n) is 24.8. The molecule has 0 bridgehead atoms. The van der Waals surface area contributed by atoms with Crippen LogP contribution in [-0.4, -0.2) is 55.6 Å².